The summed E-state index contributed by atoms with van der Waals surface area (Å²) in [4.78, 5) is 0. The quantitative estimate of drug-likeness (QED) is 0.375. The molecule has 1 heteroatoms. The molecule has 0 radical (unpaired) electrons. The maximum atomic E-state index is 10.9. The van der Waals surface area contributed by atoms with Crippen LogP contribution in [0.3, 0.4) is 0 Å². The minimum absolute atomic E-state index is 0.0488. The van der Waals surface area contributed by atoms with Crippen LogP contribution >= 0.6 is 0 Å². The fraction of sp³-hybridized carbons (Fsp3) is 0.935. The zero-order valence-corrected chi connectivity index (χ0v) is 22.8. The van der Waals surface area contributed by atoms with Gasteiger partial charge in [0.05, 0.1) is 6.10 Å². The van der Waals surface area contributed by atoms with E-state index in [1.165, 1.54) is 51.4 Å². The second kappa shape index (κ2) is 6.67. The van der Waals surface area contributed by atoms with Crippen LogP contribution in [0.4, 0.5) is 0 Å². The molecule has 0 heterocycles. The molecule has 0 aromatic rings. The first-order valence-corrected chi connectivity index (χ1v) is 14.0. The van der Waals surface area contributed by atoms with Gasteiger partial charge in [0.15, 0.2) is 0 Å². The molecule has 182 valence electrons. The van der Waals surface area contributed by atoms with Crippen molar-refractivity contribution in [2.75, 3.05) is 0 Å². The first-order chi connectivity index (χ1) is 14.6. The van der Waals surface area contributed by atoms with Gasteiger partial charge in [0.25, 0.3) is 0 Å². The first kappa shape index (κ1) is 23.4. The third kappa shape index (κ3) is 2.73. The molecule has 4 fully saturated rings. The van der Waals surface area contributed by atoms with E-state index >= 15 is 0 Å². The molecule has 0 saturated heterocycles. The minimum Gasteiger partial charge on any atom is -0.393 e. The number of fused-ring (bicyclic) bond motifs is 7. The predicted molar refractivity (Wildman–Crippen MR) is 135 cm³/mol. The van der Waals surface area contributed by atoms with Crippen molar-refractivity contribution in [1.29, 1.82) is 0 Å². The van der Waals surface area contributed by atoms with Crippen molar-refractivity contribution < 1.29 is 5.11 Å². The lowest BCUT2D eigenvalue weighted by Gasteiger charge is -2.71. The molecule has 1 N–H and O–H groups in total. The topological polar surface area (TPSA) is 20.2 Å². The summed E-state index contributed by atoms with van der Waals surface area (Å²) in [6.07, 6.45) is 14.4. The Morgan fingerprint density at radius 1 is 0.781 bits per heavy atom. The van der Waals surface area contributed by atoms with E-state index in [1.807, 2.05) is 5.57 Å². The second-order valence-corrected chi connectivity index (χ2v) is 15.7. The SMILES string of the molecule is C[C@H]1CC(C)(C)CC2C3=CCC4C5(C)CCC(O)C(C)(C)C5CCC4(C)C3(C)CCC21C. The van der Waals surface area contributed by atoms with Gasteiger partial charge in [0.2, 0.25) is 0 Å². The van der Waals surface area contributed by atoms with Crippen molar-refractivity contribution in [3.8, 4) is 0 Å². The van der Waals surface area contributed by atoms with Gasteiger partial charge in [-0.2, -0.15) is 0 Å². The highest BCUT2D eigenvalue weighted by molar-refractivity contribution is 5.33. The number of aliphatic hydroxyl groups excluding tert-OH is 1. The minimum atomic E-state index is -0.128. The van der Waals surface area contributed by atoms with E-state index in [0.29, 0.717) is 33.0 Å². The van der Waals surface area contributed by atoms with Crippen LogP contribution in [0.2, 0.25) is 0 Å². The standard InChI is InChI=1S/C31H52O/c1-20-18-26(2,3)19-22-21-10-11-24-29(7)14-13-25(32)27(4,5)23(29)12-15-31(24,9)30(21,8)17-16-28(20,22)6/h10,20,22-25,32H,11-19H2,1-9H3/t20-,22?,23?,24?,25?,28?,29?,30?,31?/m0/s1. The summed E-state index contributed by atoms with van der Waals surface area (Å²) < 4.78 is 0. The van der Waals surface area contributed by atoms with Crippen molar-refractivity contribution in [1.82, 2.24) is 0 Å². The van der Waals surface area contributed by atoms with Crippen LogP contribution in [-0.2, 0) is 0 Å². The maximum absolute atomic E-state index is 10.9. The van der Waals surface area contributed by atoms with Crippen molar-refractivity contribution in [3.05, 3.63) is 11.6 Å². The number of allylic oxidation sites excluding steroid dienone is 2. The lowest BCUT2D eigenvalue weighted by molar-refractivity contribution is -0.204. The van der Waals surface area contributed by atoms with E-state index < -0.39 is 0 Å². The molecular formula is C31H52O. The van der Waals surface area contributed by atoms with E-state index in [2.05, 4.69) is 68.4 Å². The van der Waals surface area contributed by atoms with Crippen LogP contribution < -0.4 is 0 Å². The van der Waals surface area contributed by atoms with Gasteiger partial charge in [-0.25, -0.2) is 0 Å². The summed E-state index contributed by atoms with van der Waals surface area (Å²) in [5, 5.41) is 10.9. The maximum Gasteiger partial charge on any atom is 0.0594 e. The monoisotopic (exact) mass is 440 g/mol. The molecule has 0 bridgehead atoms. The third-order valence-corrected chi connectivity index (χ3v) is 13.6. The molecule has 0 amide bonds. The summed E-state index contributed by atoms with van der Waals surface area (Å²) >= 11 is 0. The fourth-order valence-corrected chi connectivity index (χ4v) is 11.2. The van der Waals surface area contributed by atoms with Crippen LogP contribution in [0.25, 0.3) is 0 Å². The lowest BCUT2D eigenvalue weighted by atomic mass is 9.33. The fourth-order valence-electron chi connectivity index (χ4n) is 11.2. The Labute approximate surface area is 199 Å². The summed E-state index contributed by atoms with van der Waals surface area (Å²) in [6.45, 7) is 23.1. The van der Waals surface area contributed by atoms with E-state index in [4.69, 9.17) is 0 Å². The zero-order valence-electron chi connectivity index (χ0n) is 22.8. The van der Waals surface area contributed by atoms with Crippen molar-refractivity contribution >= 4 is 0 Å². The molecule has 5 aliphatic rings. The molecule has 0 aromatic carbocycles. The van der Waals surface area contributed by atoms with Gasteiger partial charge >= 0.3 is 0 Å². The molecule has 5 rings (SSSR count). The van der Waals surface area contributed by atoms with Gasteiger partial charge in [-0.15, -0.1) is 0 Å². The van der Waals surface area contributed by atoms with E-state index in [9.17, 15) is 5.11 Å². The summed E-state index contributed by atoms with van der Waals surface area (Å²) in [7, 11) is 0. The molecule has 0 spiro atoms. The molecule has 1 nitrogen and oxygen atoms in total. The van der Waals surface area contributed by atoms with Gasteiger partial charge in [-0.1, -0.05) is 74.0 Å². The average Bonchev–Trinajstić information content (AvgIpc) is 2.67. The van der Waals surface area contributed by atoms with Crippen molar-refractivity contribution in [2.45, 2.75) is 126 Å². The second-order valence-electron chi connectivity index (χ2n) is 15.7. The van der Waals surface area contributed by atoms with Gasteiger partial charge in [0.1, 0.15) is 0 Å². The normalized spacial score (nSPS) is 56.2. The Bertz CT molecular complexity index is 820. The van der Waals surface area contributed by atoms with E-state index in [1.54, 1.807) is 0 Å². The molecule has 5 aliphatic carbocycles. The Hall–Kier alpha value is -0.300. The predicted octanol–water partition coefficient (Wildman–Crippen LogP) is 8.41. The Morgan fingerprint density at radius 2 is 1.47 bits per heavy atom. The van der Waals surface area contributed by atoms with Crippen LogP contribution in [0.5, 0.6) is 0 Å². The van der Waals surface area contributed by atoms with Gasteiger partial charge in [-0.05, 0) is 114 Å². The largest absolute Gasteiger partial charge is 0.393 e. The van der Waals surface area contributed by atoms with Gasteiger partial charge in [-0.3, -0.25) is 0 Å². The number of hydrogen-bond acceptors (Lipinski definition) is 1. The molecule has 32 heavy (non-hydrogen) atoms. The zero-order chi connectivity index (χ0) is 23.5. The van der Waals surface area contributed by atoms with Crippen LogP contribution in [0, 0.1) is 56.2 Å². The molecule has 4 saturated carbocycles. The Balaban J connectivity index is 1.58. The van der Waals surface area contributed by atoms with Crippen LogP contribution in [0.15, 0.2) is 11.6 Å². The Kier molecular flexibility index (Phi) is 4.89. The third-order valence-electron chi connectivity index (χ3n) is 13.6. The summed E-state index contributed by atoms with van der Waals surface area (Å²) in [5.41, 5.74) is 3.99. The highest BCUT2D eigenvalue weighted by Gasteiger charge is 2.68. The van der Waals surface area contributed by atoms with Crippen LogP contribution in [-0.4, -0.2) is 11.2 Å². The summed E-state index contributed by atoms with van der Waals surface area (Å²) in [6, 6.07) is 0. The highest BCUT2D eigenvalue weighted by Crippen LogP contribution is 2.76. The van der Waals surface area contributed by atoms with E-state index in [0.717, 1.165) is 24.2 Å². The molecule has 8 unspecified atom stereocenters. The van der Waals surface area contributed by atoms with Gasteiger partial charge in [0, 0.05) is 0 Å². The first-order valence-electron chi connectivity index (χ1n) is 14.0. The van der Waals surface area contributed by atoms with Crippen molar-refractivity contribution in [2.24, 2.45) is 56.2 Å². The molecule has 0 aromatic heterocycles. The summed E-state index contributed by atoms with van der Waals surface area (Å²) in [5.74, 6) is 3.00. The Morgan fingerprint density at radius 3 is 2.16 bits per heavy atom. The molecule has 0 aliphatic heterocycles. The van der Waals surface area contributed by atoms with Crippen LogP contribution in [0.1, 0.15) is 120 Å². The number of rotatable bonds is 0. The molecular weight excluding hydrogens is 388 g/mol. The average molecular weight is 441 g/mol. The number of hydrogen-bond donors (Lipinski definition) is 1. The lowest BCUT2D eigenvalue weighted by Crippen LogP contribution is -2.64. The highest BCUT2D eigenvalue weighted by atomic mass is 16.3. The number of aliphatic hydroxyl groups is 1. The van der Waals surface area contributed by atoms with Gasteiger partial charge < -0.3 is 5.11 Å². The van der Waals surface area contributed by atoms with Crippen molar-refractivity contribution in [3.63, 3.8) is 0 Å². The smallest absolute Gasteiger partial charge is 0.0594 e. The van der Waals surface area contributed by atoms with E-state index in [-0.39, 0.29) is 11.5 Å². The molecule has 9 atom stereocenters.